The van der Waals surface area contributed by atoms with E-state index in [1.165, 1.54) is 0 Å². The number of hydrogen-bond acceptors (Lipinski definition) is 2. The molecule has 1 fully saturated rings. The number of rotatable bonds is 0. The van der Waals surface area contributed by atoms with Crippen LogP contribution in [0.1, 0.15) is 74.2 Å². The second kappa shape index (κ2) is 5.40. The zero-order valence-electron chi connectivity index (χ0n) is 21.3. The maximum absolute atomic E-state index is 8.52. The Hall–Kier alpha value is -2.94. The van der Waals surface area contributed by atoms with Gasteiger partial charge in [0.05, 0.1) is 16.6 Å². The molecule has 0 saturated heterocycles. The van der Waals surface area contributed by atoms with Crippen molar-refractivity contribution in [3.05, 3.63) is 65.5 Å². The minimum absolute atomic E-state index is 0.249. The number of hydrogen-bond donors (Lipinski definition) is 0. The lowest BCUT2D eigenvalue weighted by molar-refractivity contribution is 0.542. The van der Waals surface area contributed by atoms with Crippen molar-refractivity contribution in [2.45, 2.75) is 57.2 Å². The van der Waals surface area contributed by atoms with Gasteiger partial charge in [0.15, 0.2) is 0 Å². The number of aromatic nitrogens is 3. The summed E-state index contributed by atoms with van der Waals surface area (Å²) in [6.45, 7) is 6.46. The first kappa shape index (κ1) is 13.4. The molecule has 30 heavy (non-hydrogen) atoms. The molecule has 3 nitrogen and oxygen atoms in total. The van der Waals surface area contributed by atoms with E-state index in [1.54, 1.807) is 0 Å². The predicted molar refractivity (Wildman–Crippen MR) is 124 cm³/mol. The summed E-state index contributed by atoms with van der Waals surface area (Å²) < 4.78 is 36.1. The maximum atomic E-state index is 8.52. The summed E-state index contributed by atoms with van der Waals surface area (Å²) in [4.78, 5) is 10.3. The summed E-state index contributed by atoms with van der Waals surface area (Å²) >= 11 is 0. The fourth-order valence-corrected chi connectivity index (χ4v) is 5.33. The molecular formula is C27H25N3. The van der Waals surface area contributed by atoms with Gasteiger partial charge in [-0.2, -0.15) is 0 Å². The minimum atomic E-state index is -1.88. The van der Waals surface area contributed by atoms with E-state index in [2.05, 4.69) is 55.5 Å². The van der Waals surface area contributed by atoms with Crippen LogP contribution in [0.3, 0.4) is 0 Å². The molecule has 1 saturated carbocycles. The molecule has 2 bridgehead atoms. The number of benzene rings is 3. The molecular weight excluding hydrogens is 366 g/mol. The van der Waals surface area contributed by atoms with Gasteiger partial charge in [-0.25, -0.2) is 9.97 Å². The predicted octanol–water partition coefficient (Wildman–Crippen LogP) is 6.85. The molecule has 7 rings (SSSR count). The smallest absolute Gasteiger partial charge is 0.148 e. The van der Waals surface area contributed by atoms with Gasteiger partial charge in [0.1, 0.15) is 11.5 Å². The third-order valence-electron chi connectivity index (χ3n) is 6.76. The van der Waals surface area contributed by atoms with Crippen molar-refractivity contribution in [2.75, 3.05) is 0 Å². The fraction of sp³-hybridized carbons (Fsp3) is 0.333. The van der Waals surface area contributed by atoms with E-state index in [0.29, 0.717) is 6.42 Å². The average molecular weight is 396 g/mol. The average Bonchev–Trinajstić information content (AvgIpc) is 3.39. The Balaban J connectivity index is 1.63. The van der Waals surface area contributed by atoms with Crippen molar-refractivity contribution in [1.82, 2.24) is 14.4 Å². The summed E-state index contributed by atoms with van der Waals surface area (Å²) in [6.07, 6.45) is -3.24. The van der Waals surface area contributed by atoms with Crippen LogP contribution in [0, 0.1) is 0 Å². The van der Waals surface area contributed by atoms with Gasteiger partial charge in [0.2, 0.25) is 0 Å². The number of nitrogens with zero attached hydrogens (tertiary/aromatic N) is 3. The molecule has 0 N–H and O–H groups in total. The molecule has 3 heteroatoms. The highest BCUT2D eigenvalue weighted by Gasteiger charge is 2.37. The van der Waals surface area contributed by atoms with Crippen LogP contribution in [-0.4, -0.2) is 14.4 Å². The Bertz CT molecular complexity index is 1690. The van der Waals surface area contributed by atoms with Gasteiger partial charge in [-0.1, -0.05) is 51.1 Å². The largest absolute Gasteiger partial charge is 0.279 e. The van der Waals surface area contributed by atoms with Gasteiger partial charge in [0.25, 0.3) is 0 Å². The molecule has 2 aliphatic carbocycles. The fourth-order valence-electron chi connectivity index (χ4n) is 5.33. The van der Waals surface area contributed by atoms with Crippen LogP contribution in [0.15, 0.2) is 48.5 Å². The second-order valence-electron chi connectivity index (χ2n) is 9.74. The molecule has 148 valence electrons. The van der Waals surface area contributed by atoms with Crippen LogP contribution in [-0.2, 0) is 5.41 Å². The Morgan fingerprint density at radius 3 is 2.50 bits per heavy atom. The summed E-state index contributed by atoms with van der Waals surface area (Å²) in [5.74, 6) is 0.0424. The van der Waals surface area contributed by atoms with Crippen LogP contribution in [0.4, 0.5) is 0 Å². The third-order valence-corrected chi connectivity index (χ3v) is 6.76. The normalized spacial score (nSPS) is 26.1. The molecule has 0 spiro atoms. The Labute approximate surface area is 181 Å². The van der Waals surface area contributed by atoms with Gasteiger partial charge >= 0.3 is 0 Å². The monoisotopic (exact) mass is 395 g/mol. The lowest BCUT2D eigenvalue weighted by Crippen LogP contribution is -2.19. The van der Waals surface area contributed by atoms with Crippen LogP contribution in [0.25, 0.3) is 38.4 Å². The van der Waals surface area contributed by atoms with Gasteiger partial charge in [0, 0.05) is 21.7 Å². The van der Waals surface area contributed by atoms with Gasteiger partial charge in [-0.15, -0.1) is 0 Å². The highest BCUT2D eigenvalue weighted by atomic mass is 15.1. The molecule has 2 aromatic heterocycles. The molecule has 2 heterocycles. The van der Waals surface area contributed by atoms with E-state index in [1.807, 2.05) is 18.2 Å². The van der Waals surface area contributed by atoms with Gasteiger partial charge in [-0.3, -0.25) is 4.40 Å². The summed E-state index contributed by atoms with van der Waals surface area (Å²) in [7, 11) is 0. The molecule has 0 amide bonds. The highest BCUT2D eigenvalue weighted by molar-refractivity contribution is 6.10. The second-order valence-corrected chi connectivity index (χ2v) is 9.74. The Morgan fingerprint density at radius 1 is 0.933 bits per heavy atom. The van der Waals surface area contributed by atoms with Crippen molar-refractivity contribution >= 4 is 38.4 Å². The maximum Gasteiger partial charge on any atom is 0.148 e. The van der Waals surface area contributed by atoms with Gasteiger partial charge in [-0.05, 0) is 65.7 Å². The first-order valence-corrected chi connectivity index (χ1v) is 10.7. The summed E-state index contributed by atoms with van der Waals surface area (Å²) in [5, 5.41) is 3.22. The van der Waals surface area contributed by atoms with E-state index in [4.69, 9.17) is 15.5 Å². The molecule has 2 atom stereocenters. The SMILES string of the molecule is [2H]C1([2H])C2CC(c3cc4c(cc32)nc2c3ccc5ccccc5c3nc(C(C)(C)C)n42)C1([2H])[2H]. The Morgan fingerprint density at radius 2 is 1.70 bits per heavy atom. The molecule has 3 aromatic carbocycles. The molecule has 2 aliphatic rings. The lowest BCUT2D eigenvalue weighted by atomic mass is 9.91. The van der Waals surface area contributed by atoms with E-state index < -0.39 is 24.6 Å². The van der Waals surface area contributed by atoms with E-state index >= 15 is 0 Å². The van der Waals surface area contributed by atoms with E-state index in [0.717, 1.165) is 55.3 Å². The van der Waals surface area contributed by atoms with Crippen molar-refractivity contribution in [3.8, 4) is 0 Å². The number of fused-ring (bicyclic) bond motifs is 12. The van der Waals surface area contributed by atoms with Crippen molar-refractivity contribution in [3.63, 3.8) is 0 Å². The number of imidazole rings is 1. The topological polar surface area (TPSA) is 30.2 Å². The zero-order valence-corrected chi connectivity index (χ0v) is 17.3. The first-order chi connectivity index (χ1) is 16.0. The zero-order chi connectivity index (χ0) is 23.8. The van der Waals surface area contributed by atoms with Crippen molar-refractivity contribution in [1.29, 1.82) is 0 Å². The van der Waals surface area contributed by atoms with Gasteiger partial charge < -0.3 is 0 Å². The van der Waals surface area contributed by atoms with Crippen LogP contribution < -0.4 is 0 Å². The summed E-state index contributed by atoms with van der Waals surface area (Å²) in [6, 6.07) is 16.5. The third kappa shape index (κ3) is 2.05. The quantitative estimate of drug-likeness (QED) is 0.268. The lowest BCUT2D eigenvalue weighted by Gasteiger charge is -2.21. The van der Waals surface area contributed by atoms with Crippen LogP contribution >= 0.6 is 0 Å². The van der Waals surface area contributed by atoms with E-state index in [-0.39, 0.29) is 5.41 Å². The minimum Gasteiger partial charge on any atom is -0.279 e. The molecule has 5 aromatic rings. The molecule has 2 unspecified atom stereocenters. The van der Waals surface area contributed by atoms with Crippen LogP contribution in [0.2, 0.25) is 0 Å². The summed E-state index contributed by atoms with van der Waals surface area (Å²) in [5.41, 5.74) is 5.12. The molecule has 0 aliphatic heterocycles. The van der Waals surface area contributed by atoms with Crippen LogP contribution in [0.5, 0.6) is 0 Å². The molecule has 0 radical (unpaired) electrons. The van der Waals surface area contributed by atoms with E-state index in [9.17, 15) is 0 Å². The van der Waals surface area contributed by atoms with Crippen molar-refractivity contribution < 1.29 is 5.48 Å². The first-order valence-electron chi connectivity index (χ1n) is 12.7. The standard InChI is InChI=1S/C27H25N3/c1-27(2,3)26-29-24-18-7-5-4-6-15(18)10-11-19(24)25-28-22-13-20-16-8-9-17(12-16)21(20)14-23(22)30(25)26/h4-7,10-11,13-14,16-17H,8-9,12H2,1-3H3/i8D2,9D2. The highest BCUT2D eigenvalue weighted by Crippen LogP contribution is 2.54. The van der Waals surface area contributed by atoms with Crippen molar-refractivity contribution in [2.24, 2.45) is 0 Å². The Kier molecular flexibility index (Phi) is 2.41.